The quantitative estimate of drug-likeness (QED) is 0.0610. The van der Waals surface area contributed by atoms with Crippen molar-refractivity contribution in [2.24, 2.45) is 5.92 Å². The number of amides is 5. The van der Waals surface area contributed by atoms with Gasteiger partial charge in [-0.05, 0) is 36.6 Å². The number of Topliss-reactive ketones (excluding diaryl/α,β-unsaturated/α-hetero) is 1. The van der Waals surface area contributed by atoms with Crippen molar-refractivity contribution in [3.8, 4) is 5.75 Å². The lowest BCUT2D eigenvalue weighted by atomic mass is 10.0. The van der Waals surface area contributed by atoms with Gasteiger partial charge < -0.3 is 51.0 Å². The number of aliphatic hydroxyl groups is 1. The van der Waals surface area contributed by atoms with E-state index in [0.717, 1.165) is 37.8 Å². The van der Waals surface area contributed by atoms with Gasteiger partial charge in [-0.15, -0.1) is 0 Å². The number of carboxylic acids is 1. The van der Waals surface area contributed by atoms with Crippen LogP contribution in [0.4, 0.5) is 8.78 Å². The number of pyridine rings is 1. The molecule has 0 saturated carbocycles. The van der Waals surface area contributed by atoms with Crippen LogP contribution in [0, 0.1) is 17.6 Å². The third kappa shape index (κ3) is 14.6. The monoisotopic (exact) mass is 872 g/mol. The summed E-state index contributed by atoms with van der Waals surface area (Å²) in [5, 5.41) is 31.5. The van der Waals surface area contributed by atoms with Crippen molar-refractivity contribution < 1.29 is 76.4 Å². The lowest BCUT2D eigenvalue weighted by Gasteiger charge is -2.27. The molecule has 5 atom stereocenters. The molecule has 1 unspecified atom stereocenters. The summed E-state index contributed by atoms with van der Waals surface area (Å²) >= 11 is 0. The van der Waals surface area contributed by atoms with E-state index in [1.165, 1.54) is 6.07 Å². The van der Waals surface area contributed by atoms with Crippen LogP contribution in [-0.4, -0.2) is 126 Å². The Hall–Kier alpha value is -7.10. The first-order chi connectivity index (χ1) is 29.4. The summed E-state index contributed by atoms with van der Waals surface area (Å²) < 4.78 is 42.2. The summed E-state index contributed by atoms with van der Waals surface area (Å²) in [5.74, 6) is -13.8. The van der Waals surface area contributed by atoms with E-state index in [2.05, 4.69) is 41.0 Å². The van der Waals surface area contributed by atoms with Crippen LogP contribution in [0.3, 0.4) is 0 Å². The molecule has 0 aliphatic rings. The number of methoxy groups -OCH3 is 2. The van der Waals surface area contributed by atoms with Crippen LogP contribution in [0.15, 0.2) is 54.6 Å². The molecule has 0 spiro atoms. The van der Waals surface area contributed by atoms with Crippen LogP contribution in [-0.2, 0) is 47.8 Å². The molecule has 2 aromatic carbocycles. The first kappa shape index (κ1) is 49.3. The number of aromatic nitrogens is 1. The Labute approximate surface area is 352 Å². The average molecular weight is 873 g/mol. The number of esters is 2. The number of fused-ring (bicyclic) bond motifs is 1. The molecule has 0 radical (unpaired) electrons. The fourth-order valence-electron chi connectivity index (χ4n) is 5.57. The molecular weight excluding hydrogens is 826 g/mol. The number of aliphatic hydroxyl groups excluding tert-OH is 1. The summed E-state index contributed by atoms with van der Waals surface area (Å²) in [6.45, 7) is 0.948. The molecule has 0 saturated heterocycles. The summed E-state index contributed by atoms with van der Waals surface area (Å²) in [7, 11) is 1.96. The zero-order valence-corrected chi connectivity index (χ0v) is 33.9. The number of rotatable bonds is 23. The van der Waals surface area contributed by atoms with Gasteiger partial charge in [-0.2, -0.15) is 0 Å². The highest BCUT2D eigenvalue weighted by Gasteiger charge is 2.35. The standard InChI is InChI=1S/C40H46F2N6O14/c1-20(2)34(48-37(56)25-13-12-21-8-5-6-11-24(21)43-25)40(59)46-28(17-33(54)61-4)38(57)44-26(14-15-31(51)52)36(55)47-29(18-49)39(58)45-27(16-32(53)60-3)30(50)19-62-35-22(41)9-7-10-23(35)42/h5-13,20,26-29,34,49H,14-19H2,1-4H3,(H,44,57)(H,45,58)(H,46,59)(H,47,55)(H,48,56)(H,51,52)/t26-,27?,28-,29-,34-/m0/s1. The van der Waals surface area contributed by atoms with Gasteiger partial charge in [0, 0.05) is 11.8 Å². The van der Waals surface area contributed by atoms with Crippen LogP contribution in [0.5, 0.6) is 5.75 Å². The largest absolute Gasteiger partial charge is 0.481 e. The number of para-hydroxylation sites is 2. The number of benzene rings is 2. The van der Waals surface area contributed by atoms with Gasteiger partial charge >= 0.3 is 17.9 Å². The molecule has 1 heterocycles. The van der Waals surface area contributed by atoms with E-state index in [-0.39, 0.29) is 5.69 Å². The second-order valence-corrected chi connectivity index (χ2v) is 13.8. The molecule has 22 heteroatoms. The Kier molecular flexibility index (Phi) is 18.8. The van der Waals surface area contributed by atoms with Crippen molar-refractivity contribution in [2.45, 2.75) is 69.7 Å². The average Bonchev–Trinajstić information content (AvgIpc) is 3.24. The summed E-state index contributed by atoms with van der Waals surface area (Å²) in [4.78, 5) is 121. The number of hydrogen-bond donors (Lipinski definition) is 7. The van der Waals surface area contributed by atoms with Gasteiger partial charge in [0.05, 0.1) is 39.2 Å². The molecule has 3 aromatic rings. The lowest BCUT2D eigenvalue weighted by molar-refractivity contribution is -0.145. The molecule has 3 rings (SSSR count). The van der Waals surface area contributed by atoms with Crippen molar-refractivity contribution in [3.05, 3.63) is 71.9 Å². The minimum absolute atomic E-state index is 0.0239. The van der Waals surface area contributed by atoms with E-state index in [1.807, 2.05) is 0 Å². The highest BCUT2D eigenvalue weighted by molar-refractivity contribution is 6.00. The predicted molar refractivity (Wildman–Crippen MR) is 210 cm³/mol. The Morgan fingerprint density at radius 1 is 0.677 bits per heavy atom. The van der Waals surface area contributed by atoms with Crippen molar-refractivity contribution in [2.75, 3.05) is 27.4 Å². The molecule has 0 bridgehead atoms. The molecule has 334 valence electrons. The minimum Gasteiger partial charge on any atom is -0.481 e. The number of nitrogens with one attached hydrogen (secondary N) is 5. The van der Waals surface area contributed by atoms with E-state index in [4.69, 9.17) is 4.74 Å². The second-order valence-electron chi connectivity index (χ2n) is 13.8. The van der Waals surface area contributed by atoms with E-state index >= 15 is 0 Å². The lowest BCUT2D eigenvalue weighted by Crippen LogP contribution is -2.60. The van der Waals surface area contributed by atoms with Crippen LogP contribution < -0.4 is 31.3 Å². The van der Waals surface area contributed by atoms with Crippen molar-refractivity contribution in [1.29, 1.82) is 0 Å². The van der Waals surface area contributed by atoms with E-state index in [9.17, 15) is 62.1 Å². The van der Waals surface area contributed by atoms with E-state index in [0.29, 0.717) is 5.52 Å². The number of carboxylic acid groups (broad SMARTS) is 1. The van der Waals surface area contributed by atoms with Gasteiger partial charge in [-0.3, -0.25) is 43.2 Å². The molecular formula is C40H46F2N6O14. The maximum absolute atomic E-state index is 14.1. The number of ether oxygens (including phenoxy) is 3. The molecule has 5 amide bonds. The van der Waals surface area contributed by atoms with Gasteiger partial charge in [0.2, 0.25) is 23.6 Å². The first-order valence-corrected chi connectivity index (χ1v) is 18.8. The van der Waals surface area contributed by atoms with E-state index in [1.54, 1.807) is 44.2 Å². The molecule has 20 nitrogen and oxygen atoms in total. The molecule has 62 heavy (non-hydrogen) atoms. The first-order valence-electron chi connectivity index (χ1n) is 18.8. The number of aliphatic carboxylic acids is 1. The zero-order valence-electron chi connectivity index (χ0n) is 33.9. The molecule has 1 aromatic heterocycles. The second kappa shape index (κ2) is 23.6. The normalized spacial score (nSPS) is 13.3. The number of nitrogens with zero attached hydrogens (tertiary/aromatic N) is 1. The Morgan fingerprint density at radius 2 is 1.23 bits per heavy atom. The molecule has 7 N–H and O–H groups in total. The number of hydrogen-bond acceptors (Lipinski definition) is 14. The minimum atomic E-state index is -1.93. The van der Waals surface area contributed by atoms with Crippen molar-refractivity contribution in [3.63, 3.8) is 0 Å². The topological polar surface area (TPSA) is 295 Å². The smallest absolute Gasteiger partial charge is 0.308 e. The summed E-state index contributed by atoms with van der Waals surface area (Å²) in [6, 6.07) is 4.21. The third-order valence-corrected chi connectivity index (χ3v) is 8.97. The Morgan fingerprint density at radius 3 is 1.82 bits per heavy atom. The van der Waals surface area contributed by atoms with Crippen LogP contribution in [0.1, 0.15) is 50.0 Å². The van der Waals surface area contributed by atoms with Gasteiger partial charge in [0.15, 0.2) is 23.2 Å². The SMILES string of the molecule is COC(=O)CC(NC(=O)[C@H](CO)NC(=O)[C@H](CCC(=O)O)NC(=O)[C@H](CC(=O)OC)NC(=O)[C@@H](NC(=O)c1ccc2ccccc2n1)C(C)C)C(=O)COc1c(F)cccc1F. The zero-order chi connectivity index (χ0) is 46.1. The number of halogens is 2. The maximum Gasteiger partial charge on any atom is 0.308 e. The molecule has 0 aliphatic carbocycles. The van der Waals surface area contributed by atoms with Gasteiger partial charge in [0.25, 0.3) is 5.91 Å². The van der Waals surface area contributed by atoms with Crippen LogP contribution >= 0.6 is 0 Å². The Bertz CT molecular complexity index is 2130. The number of carbonyl (C=O) groups is 9. The Balaban J connectivity index is 1.78. The highest BCUT2D eigenvalue weighted by Crippen LogP contribution is 2.21. The van der Waals surface area contributed by atoms with Gasteiger partial charge in [-0.25, -0.2) is 13.8 Å². The third-order valence-electron chi connectivity index (χ3n) is 8.97. The van der Waals surface area contributed by atoms with Crippen molar-refractivity contribution >= 4 is 64.1 Å². The van der Waals surface area contributed by atoms with Gasteiger partial charge in [0.1, 0.15) is 42.5 Å². The van der Waals surface area contributed by atoms with Crippen LogP contribution in [0.2, 0.25) is 0 Å². The molecule has 0 aliphatic heterocycles. The van der Waals surface area contributed by atoms with Crippen LogP contribution in [0.25, 0.3) is 10.9 Å². The molecule has 0 fully saturated rings. The summed E-state index contributed by atoms with van der Waals surface area (Å²) in [5.41, 5.74) is 0.484. The maximum atomic E-state index is 14.1. The predicted octanol–water partition coefficient (Wildman–Crippen LogP) is -0.162. The number of carbonyl (C=O) groups excluding carboxylic acids is 8. The fourth-order valence-corrected chi connectivity index (χ4v) is 5.57. The highest BCUT2D eigenvalue weighted by atomic mass is 19.1. The fraction of sp³-hybridized carbons (Fsp3) is 0.400. The van der Waals surface area contributed by atoms with Gasteiger partial charge in [-0.1, -0.05) is 44.2 Å². The van der Waals surface area contributed by atoms with Crippen molar-refractivity contribution in [1.82, 2.24) is 31.6 Å². The summed E-state index contributed by atoms with van der Waals surface area (Å²) in [6.07, 6.45) is -3.02. The van der Waals surface area contributed by atoms with E-state index < -0.39 is 146 Å². The number of ketones is 1.